The van der Waals surface area contributed by atoms with Crippen molar-refractivity contribution in [1.82, 2.24) is 4.90 Å². The van der Waals surface area contributed by atoms with E-state index >= 15 is 0 Å². The van der Waals surface area contributed by atoms with Crippen molar-refractivity contribution in [1.29, 1.82) is 0 Å². The summed E-state index contributed by atoms with van der Waals surface area (Å²) in [6, 6.07) is 7.31. The van der Waals surface area contributed by atoms with Crippen LogP contribution >= 0.6 is 11.6 Å². The molecule has 1 saturated heterocycles. The Labute approximate surface area is 130 Å². The van der Waals surface area contributed by atoms with E-state index in [2.05, 4.69) is 0 Å². The Balaban J connectivity index is 2.05. The van der Waals surface area contributed by atoms with E-state index in [4.69, 9.17) is 16.3 Å². The number of benzene rings is 1. The molecule has 0 radical (unpaired) electrons. The molecule has 1 aromatic carbocycles. The van der Waals surface area contributed by atoms with Gasteiger partial charge in [-0.2, -0.15) is 0 Å². The highest BCUT2D eigenvalue weighted by Gasteiger charge is 2.34. The van der Waals surface area contributed by atoms with Crippen LogP contribution in [0.2, 0.25) is 5.02 Å². The van der Waals surface area contributed by atoms with Gasteiger partial charge in [0.05, 0.1) is 18.3 Å². The van der Waals surface area contributed by atoms with Crippen molar-refractivity contribution in [2.75, 3.05) is 19.7 Å². The minimum atomic E-state index is -0.453. The number of nitrogens with zero attached hydrogens (tertiary/aromatic N) is 1. The lowest BCUT2D eigenvalue weighted by Gasteiger charge is -2.41. The molecule has 0 bridgehead atoms. The van der Waals surface area contributed by atoms with Crippen molar-refractivity contribution in [2.24, 2.45) is 0 Å². The number of aliphatic hydroxyl groups excluding tert-OH is 1. The smallest absolute Gasteiger partial charge is 0.246 e. The number of halogens is 1. The van der Waals surface area contributed by atoms with Crippen LogP contribution in [0.25, 0.3) is 6.08 Å². The van der Waals surface area contributed by atoms with E-state index < -0.39 is 5.60 Å². The zero-order valence-corrected chi connectivity index (χ0v) is 13.0. The number of amides is 1. The van der Waals surface area contributed by atoms with E-state index in [9.17, 15) is 9.90 Å². The maximum atomic E-state index is 12.3. The molecule has 1 amide bonds. The van der Waals surface area contributed by atoms with Gasteiger partial charge in [-0.05, 0) is 37.6 Å². The third kappa shape index (κ3) is 4.56. The number of morpholine rings is 1. The maximum Gasteiger partial charge on any atom is 0.246 e. The minimum Gasteiger partial charge on any atom is -0.394 e. The van der Waals surface area contributed by atoms with E-state index in [0.717, 1.165) is 5.56 Å². The van der Waals surface area contributed by atoms with Crippen LogP contribution in [0.4, 0.5) is 0 Å². The average Bonchev–Trinajstić information content (AvgIpc) is 2.43. The Hall–Kier alpha value is -1.36. The molecule has 1 aliphatic rings. The topological polar surface area (TPSA) is 49.8 Å². The first-order valence-corrected chi connectivity index (χ1v) is 7.29. The number of carbonyl (C=O) groups is 1. The highest BCUT2D eigenvalue weighted by molar-refractivity contribution is 6.30. The summed E-state index contributed by atoms with van der Waals surface area (Å²) in [6.07, 6.45) is 2.93. The molecule has 1 heterocycles. The van der Waals surface area contributed by atoms with Gasteiger partial charge in [0.2, 0.25) is 5.91 Å². The highest BCUT2D eigenvalue weighted by Crippen LogP contribution is 2.21. The Morgan fingerprint density at radius 1 is 1.57 bits per heavy atom. The van der Waals surface area contributed by atoms with Gasteiger partial charge < -0.3 is 14.7 Å². The van der Waals surface area contributed by atoms with Crippen LogP contribution in [0.3, 0.4) is 0 Å². The van der Waals surface area contributed by atoms with Crippen LogP contribution in [-0.2, 0) is 9.53 Å². The molecule has 4 nitrogen and oxygen atoms in total. The van der Waals surface area contributed by atoms with Crippen LogP contribution in [-0.4, -0.2) is 47.3 Å². The number of aliphatic hydroxyl groups is 1. The Morgan fingerprint density at radius 3 is 3.00 bits per heavy atom. The molecular formula is C16H20ClNO3. The van der Waals surface area contributed by atoms with E-state index in [1.807, 2.05) is 26.0 Å². The van der Waals surface area contributed by atoms with Crippen molar-refractivity contribution in [3.05, 3.63) is 40.9 Å². The third-order valence-corrected chi connectivity index (χ3v) is 3.50. The highest BCUT2D eigenvalue weighted by atomic mass is 35.5. The summed E-state index contributed by atoms with van der Waals surface area (Å²) in [5, 5.41) is 9.90. The molecular weight excluding hydrogens is 290 g/mol. The summed E-state index contributed by atoms with van der Waals surface area (Å²) in [5.41, 5.74) is 0.424. The number of ether oxygens (including phenoxy) is 1. The van der Waals surface area contributed by atoms with Crippen LogP contribution < -0.4 is 0 Å². The summed E-state index contributed by atoms with van der Waals surface area (Å²) < 4.78 is 5.70. The average molecular weight is 310 g/mol. The number of hydrogen-bond donors (Lipinski definition) is 1. The van der Waals surface area contributed by atoms with Gasteiger partial charge in [0.1, 0.15) is 0 Å². The lowest BCUT2D eigenvalue weighted by molar-refractivity contribution is -0.163. The predicted octanol–water partition coefficient (Wildman–Crippen LogP) is 2.35. The van der Waals surface area contributed by atoms with E-state index in [-0.39, 0.29) is 18.6 Å². The number of carbonyl (C=O) groups excluding carboxylic acids is 1. The largest absolute Gasteiger partial charge is 0.394 e. The molecule has 1 aromatic rings. The van der Waals surface area contributed by atoms with Crippen molar-refractivity contribution in [2.45, 2.75) is 25.6 Å². The molecule has 1 N–H and O–H groups in total. The number of hydrogen-bond acceptors (Lipinski definition) is 3. The van der Waals surface area contributed by atoms with Gasteiger partial charge in [-0.1, -0.05) is 23.7 Å². The monoisotopic (exact) mass is 309 g/mol. The quantitative estimate of drug-likeness (QED) is 0.872. The van der Waals surface area contributed by atoms with E-state index in [1.165, 1.54) is 6.08 Å². The molecule has 21 heavy (non-hydrogen) atoms. The van der Waals surface area contributed by atoms with Gasteiger partial charge in [0.25, 0.3) is 0 Å². The molecule has 1 unspecified atom stereocenters. The number of rotatable bonds is 3. The SMILES string of the molecule is CC1(C)CN(C(=O)/C=C/c2cccc(Cl)c2)CC(CO)O1. The van der Waals surface area contributed by atoms with Crippen molar-refractivity contribution < 1.29 is 14.6 Å². The summed E-state index contributed by atoms with van der Waals surface area (Å²) in [5.74, 6) is -0.0928. The second-order valence-electron chi connectivity index (χ2n) is 5.79. The molecule has 0 aromatic heterocycles. The molecule has 0 spiro atoms. The zero-order chi connectivity index (χ0) is 15.5. The van der Waals surface area contributed by atoms with Gasteiger partial charge in [-0.3, -0.25) is 4.79 Å². The Bertz CT molecular complexity index is 542. The molecule has 0 aliphatic carbocycles. The Morgan fingerprint density at radius 2 is 2.33 bits per heavy atom. The van der Waals surface area contributed by atoms with Gasteiger partial charge >= 0.3 is 0 Å². The summed E-state index contributed by atoms with van der Waals surface area (Å²) in [4.78, 5) is 14.0. The van der Waals surface area contributed by atoms with Gasteiger partial charge in [-0.25, -0.2) is 0 Å². The van der Waals surface area contributed by atoms with Crippen molar-refractivity contribution in [3.63, 3.8) is 0 Å². The fourth-order valence-electron chi connectivity index (χ4n) is 2.44. The van der Waals surface area contributed by atoms with Gasteiger partial charge in [0.15, 0.2) is 0 Å². The summed E-state index contributed by atoms with van der Waals surface area (Å²) in [6.45, 7) is 4.64. The van der Waals surface area contributed by atoms with Crippen LogP contribution in [0.15, 0.2) is 30.3 Å². The molecule has 1 atom stereocenters. The molecule has 0 saturated carbocycles. The van der Waals surface area contributed by atoms with Gasteiger partial charge in [0, 0.05) is 24.2 Å². The van der Waals surface area contributed by atoms with Gasteiger partial charge in [-0.15, -0.1) is 0 Å². The minimum absolute atomic E-state index is 0.0920. The molecule has 5 heteroatoms. The predicted molar refractivity (Wildman–Crippen MR) is 83.1 cm³/mol. The normalized spacial score (nSPS) is 21.7. The zero-order valence-electron chi connectivity index (χ0n) is 12.3. The molecule has 114 valence electrons. The maximum absolute atomic E-state index is 12.3. The first kappa shape index (κ1) is 16.0. The lowest BCUT2D eigenvalue weighted by Crippen LogP contribution is -2.55. The summed E-state index contributed by atoms with van der Waals surface area (Å²) >= 11 is 5.91. The molecule has 1 aliphatic heterocycles. The van der Waals surface area contributed by atoms with E-state index in [0.29, 0.717) is 18.1 Å². The van der Waals surface area contributed by atoms with E-state index in [1.54, 1.807) is 23.1 Å². The van der Waals surface area contributed by atoms with Crippen LogP contribution in [0.1, 0.15) is 19.4 Å². The Kier molecular flexibility index (Phi) is 5.04. The first-order chi connectivity index (χ1) is 9.89. The van der Waals surface area contributed by atoms with Crippen LogP contribution in [0, 0.1) is 0 Å². The molecule has 1 fully saturated rings. The fourth-order valence-corrected chi connectivity index (χ4v) is 2.64. The van der Waals surface area contributed by atoms with Crippen molar-refractivity contribution >= 4 is 23.6 Å². The molecule has 2 rings (SSSR count). The standard InChI is InChI=1S/C16H20ClNO3/c1-16(2)11-18(9-14(10-19)21-16)15(20)7-6-12-4-3-5-13(17)8-12/h3-8,14,19H,9-11H2,1-2H3/b7-6+. The third-order valence-electron chi connectivity index (χ3n) is 3.26. The summed E-state index contributed by atoms with van der Waals surface area (Å²) in [7, 11) is 0. The lowest BCUT2D eigenvalue weighted by atomic mass is 10.1. The second kappa shape index (κ2) is 6.60. The second-order valence-corrected chi connectivity index (χ2v) is 6.23. The first-order valence-electron chi connectivity index (χ1n) is 6.91. The fraction of sp³-hybridized carbons (Fsp3) is 0.438. The van der Waals surface area contributed by atoms with Crippen LogP contribution in [0.5, 0.6) is 0 Å². The van der Waals surface area contributed by atoms with Crippen molar-refractivity contribution in [3.8, 4) is 0 Å².